The topological polar surface area (TPSA) is 35.2 Å². The first kappa shape index (κ1) is 11.2. The summed E-state index contributed by atoms with van der Waals surface area (Å²) in [5.41, 5.74) is 5.92. The molecule has 2 N–H and O–H groups in total. The smallest absolute Gasteiger partial charge is 0.305 e. The Morgan fingerprint density at radius 1 is 1.00 bits per heavy atom. The van der Waals surface area contributed by atoms with Gasteiger partial charge in [-0.15, -0.1) is 0 Å². The van der Waals surface area contributed by atoms with Gasteiger partial charge in [-0.25, -0.2) is 0 Å². The number of hydrogen-bond donors (Lipinski definition) is 1. The third-order valence-corrected chi connectivity index (χ3v) is 3.06. The lowest BCUT2D eigenvalue weighted by Gasteiger charge is -2.28. The minimum atomic E-state index is -3.05. The van der Waals surface area contributed by atoms with Gasteiger partial charge in [0.2, 0.25) is 0 Å². The maximum Gasteiger partial charge on any atom is 0.305 e. The monoisotopic (exact) mass is 247 g/mol. The maximum atomic E-state index is 14.4. The maximum absolute atomic E-state index is 14.4. The summed E-state index contributed by atoms with van der Waals surface area (Å²) in [6.45, 7) is 0.227. The third-order valence-electron chi connectivity index (χ3n) is 3.06. The van der Waals surface area contributed by atoms with E-state index in [4.69, 9.17) is 10.5 Å². The summed E-state index contributed by atoms with van der Waals surface area (Å²) in [6, 6.07) is 10.8. The van der Waals surface area contributed by atoms with E-state index in [1.54, 1.807) is 30.3 Å². The quantitative estimate of drug-likeness (QED) is 0.838. The summed E-state index contributed by atoms with van der Waals surface area (Å²) in [6.07, 6.45) is 0. The van der Waals surface area contributed by atoms with Gasteiger partial charge in [0.1, 0.15) is 11.5 Å². The number of alkyl halides is 2. The molecule has 0 saturated carbocycles. The summed E-state index contributed by atoms with van der Waals surface area (Å²) in [7, 11) is 0. The van der Waals surface area contributed by atoms with Crippen molar-refractivity contribution in [3.63, 3.8) is 0 Å². The van der Waals surface area contributed by atoms with E-state index in [1.807, 2.05) is 0 Å². The molecule has 92 valence electrons. The fourth-order valence-electron chi connectivity index (χ4n) is 2.12. The van der Waals surface area contributed by atoms with Gasteiger partial charge in [0.15, 0.2) is 0 Å². The Morgan fingerprint density at radius 3 is 2.50 bits per heavy atom. The molecule has 0 bridgehead atoms. The number of nitrogens with two attached hydrogens (primary N) is 1. The zero-order valence-electron chi connectivity index (χ0n) is 9.49. The van der Waals surface area contributed by atoms with E-state index in [2.05, 4.69) is 0 Å². The Balaban J connectivity index is 2.22. The molecule has 18 heavy (non-hydrogen) atoms. The summed E-state index contributed by atoms with van der Waals surface area (Å²) >= 11 is 0. The molecule has 0 spiro atoms. The van der Waals surface area contributed by atoms with Gasteiger partial charge in [-0.05, 0) is 29.8 Å². The van der Waals surface area contributed by atoms with Gasteiger partial charge in [0, 0.05) is 6.54 Å². The second kappa shape index (κ2) is 3.78. The molecular formula is C14H11F2NO. The van der Waals surface area contributed by atoms with Crippen LogP contribution in [0.3, 0.4) is 0 Å². The number of ether oxygens (including phenoxy) is 1. The zero-order valence-corrected chi connectivity index (χ0v) is 9.49. The van der Waals surface area contributed by atoms with Crippen molar-refractivity contribution in [1.29, 1.82) is 0 Å². The van der Waals surface area contributed by atoms with E-state index in [-0.39, 0.29) is 29.2 Å². The Kier molecular flexibility index (Phi) is 2.35. The van der Waals surface area contributed by atoms with Crippen LogP contribution < -0.4 is 10.5 Å². The summed E-state index contributed by atoms with van der Waals surface area (Å²) < 4.78 is 34.3. The first-order valence-corrected chi connectivity index (χ1v) is 5.61. The van der Waals surface area contributed by atoms with E-state index >= 15 is 0 Å². The van der Waals surface area contributed by atoms with Crippen LogP contribution in [0.4, 0.5) is 8.78 Å². The van der Waals surface area contributed by atoms with Crippen molar-refractivity contribution >= 4 is 0 Å². The second-order valence-corrected chi connectivity index (χ2v) is 4.21. The van der Waals surface area contributed by atoms with Crippen LogP contribution in [0.5, 0.6) is 11.5 Å². The van der Waals surface area contributed by atoms with Crippen LogP contribution in [0.1, 0.15) is 16.7 Å². The van der Waals surface area contributed by atoms with Crippen molar-refractivity contribution in [3.05, 3.63) is 59.2 Å². The van der Waals surface area contributed by atoms with Crippen molar-refractivity contribution < 1.29 is 13.5 Å². The molecule has 0 amide bonds. The van der Waals surface area contributed by atoms with E-state index in [1.165, 1.54) is 12.1 Å². The van der Waals surface area contributed by atoms with Crippen LogP contribution in [0.2, 0.25) is 0 Å². The van der Waals surface area contributed by atoms with Crippen LogP contribution in [-0.2, 0) is 12.5 Å². The van der Waals surface area contributed by atoms with E-state index in [9.17, 15) is 8.78 Å². The molecule has 4 heteroatoms. The molecule has 0 atom stereocenters. The van der Waals surface area contributed by atoms with Crippen LogP contribution in [0.25, 0.3) is 0 Å². The molecule has 0 saturated heterocycles. The van der Waals surface area contributed by atoms with Crippen LogP contribution in [0.15, 0.2) is 42.5 Å². The molecular weight excluding hydrogens is 236 g/mol. The number of fused-ring (bicyclic) bond motifs is 2. The standard InChI is InChI=1S/C14H11F2NO/c15-14(16)10-3-1-2-4-12(10)18-13-6-5-9(8-17)7-11(13)14/h1-7H,8,17H2. The normalized spacial score (nSPS) is 15.5. The molecule has 0 fully saturated rings. The molecule has 2 aromatic rings. The molecule has 1 aliphatic rings. The highest BCUT2D eigenvalue weighted by Gasteiger charge is 2.43. The van der Waals surface area contributed by atoms with Crippen molar-refractivity contribution in [2.24, 2.45) is 5.73 Å². The van der Waals surface area contributed by atoms with Gasteiger partial charge in [-0.2, -0.15) is 8.78 Å². The predicted molar refractivity (Wildman–Crippen MR) is 63.8 cm³/mol. The number of benzene rings is 2. The molecule has 1 heterocycles. The van der Waals surface area contributed by atoms with Crippen molar-refractivity contribution in [2.45, 2.75) is 12.5 Å². The highest BCUT2D eigenvalue weighted by Crippen LogP contribution is 2.49. The lowest BCUT2D eigenvalue weighted by atomic mass is 9.94. The van der Waals surface area contributed by atoms with Gasteiger partial charge in [-0.1, -0.05) is 18.2 Å². The average Bonchev–Trinajstić information content (AvgIpc) is 2.39. The fraction of sp³-hybridized carbons (Fsp3) is 0.143. The van der Waals surface area contributed by atoms with Crippen LogP contribution >= 0.6 is 0 Å². The fourth-order valence-corrected chi connectivity index (χ4v) is 2.12. The number of rotatable bonds is 1. The Hall–Kier alpha value is -1.94. The molecule has 0 aliphatic carbocycles. The molecule has 2 aromatic carbocycles. The molecule has 3 rings (SSSR count). The summed E-state index contributed by atoms with van der Waals surface area (Å²) in [5, 5.41) is 0. The third kappa shape index (κ3) is 1.49. The van der Waals surface area contributed by atoms with Gasteiger partial charge in [0.05, 0.1) is 11.1 Å². The molecule has 0 radical (unpaired) electrons. The predicted octanol–water partition coefficient (Wildman–Crippen LogP) is 3.39. The van der Waals surface area contributed by atoms with Gasteiger partial charge < -0.3 is 10.5 Å². The first-order valence-electron chi connectivity index (χ1n) is 5.61. The van der Waals surface area contributed by atoms with Crippen molar-refractivity contribution in [3.8, 4) is 11.5 Å². The minimum absolute atomic E-state index is 0.105. The molecule has 2 nitrogen and oxygen atoms in total. The van der Waals surface area contributed by atoms with Crippen LogP contribution in [-0.4, -0.2) is 0 Å². The second-order valence-electron chi connectivity index (χ2n) is 4.21. The van der Waals surface area contributed by atoms with Gasteiger partial charge in [0.25, 0.3) is 0 Å². The Morgan fingerprint density at radius 2 is 1.72 bits per heavy atom. The number of halogens is 2. The lowest BCUT2D eigenvalue weighted by molar-refractivity contribution is 0.0321. The number of hydrogen-bond acceptors (Lipinski definition) is 2. The van der Waals surface area contributed by atoms with E-state index < -0.39 is 5.92 Å². The SMILES string of the molecule is NCc1ccc2c(c1)C(F)(F)c1ccccc1O2. The highest BCUT2D eigenvalue weighted by atomic mass is 19.3. The van der Waals surface area contributed by atoms with Crippen molar-refractivity contribution in [2.75, 3.05) is 0 Å². The zero-order chi connectivity index (χ0) is 12.8. The van der Waals surface area contributed by atoms with Crippen molar-refractivity contribution in [1.82, 2.24) is 0 Å². The van der Waals surface area contributed by atoms with Crippen LogP contribution in [0, 0.1) is 0 Å². The molecule has 0 aromatic heterocycles. The first-order chi connectivity index (χ1) is 8.63. The lowest BCUT2D eigenvalue weighted by Crippen LogP contribution is -2.21. The summed E-state index contributed by atoms with van der Waals surface area (Å²) in [4.78, 5) is 0. The van der Waals surface area contributed by atoms with E-state index in [0.717, 1.165) is 0 Å². The minimum Gasteiger partial charge on any atom is -0.456 e. The highest BCUT2D eigenvalue weighted by molar-refractivity contribution is 5.55. The molecule has 0 unspecified atom stereocenters. The number of para-hydroxylation sites is 1. The Bertz CT molecular complexity index is 610. The van der Waals surface area contributed by atoms with E-state index in [0.29, 0.717) is 5.56 Å². The van der Waals surface area contributed by atoms with Gasteiger partial charge >= 0.3 is 5.92 Å². The molecule has 1 aliphatic heterocycles. The van der Waals surface area contributed by atoms with Gasteiger partial charge in [-0.3, -0.25) is 0 Å². The largest absolute Gasteiger partial charge is 0.456 e. The summed E-state index contributed by atoms with van der Waals surface area (Å²) in [5.74, 6) is -2.65. The Labute approximate surface area is 103 Å². The average molecular weight is 247 g/mol.